The molecule has 0 saturated carbocycles. The Labute approximate surface area is 202 Å². The number of amides is 2. The van der Waals surface area contributed by atoms with Gasteiger partial charge in [0.1, 0.15) is 11.5 Å². The molecule has 0 spiro atoms. The first-order valence-electron chi connectivity index (χ1n) is 10.9. The molecule has 0 unspecified atom stereocenters. The molecule has 1 aromatic heterocycles. The van der Waals surface area contributed by atoms with Crippen molar-refractivity contribution in [1.29, 1.82) is 0 Å². The Morgan fingerprint density at radius 1 is 0.765 bits per heavy atom. The summed E-state index contributed by atoms with van der Waals surface area (Å²) in [5.74, 6) is -0.722. The SMILES string of the molecule is Cc1ccc(C(=O)CCC(=O)CCC(=O)NNC(=O)COc2ccccc2-c2ccccc2)s1. The van der Waals surface area contributed by atoms with E-state index in [4.69, 9.17) is 4.74 Å². The Balaban J connectivity index is 1.35. The van der Waals surface area contributed by atoms with E-state index in [1.807, 2.05) is 61.5 Å². The van der Waals surface area contributed by atoms with E-state index in [0.29, 0.717) is 10.6 Å². The zero-order valence-electron chi connectivity index (χ0n) is 18.8. The summed E-state index contributed by atoms with van der Waals surface area (Å²) in [5.41, 5.74) is 6.37. The van der Waals surface area contributed by atoms with Gasteiger partial charge in [0.05, 0.1) is 4.88 Å². The number of Topliss-reactive ketones (excluding diaryl/α,β-unsaturated/α-hetero) is 2. The van der Waals surface area contributed by atoms with Gasteiger partial charge in [-0.2, -0.15) is 0 Å². The molecule has 8 heteroatoms. The number of nitrogens with one attached hydrogen (secondary N) is 2. The molecule has 3 rings (SSSR count). The summed E-state index contributed by atoms with van der Waals surface area (Å²) >= 11 is 1.40. The van der Waals surface area contributed by atoms with Gasteiger partial charge in [0.2, 0.25) is 5.91 Å². The van der Waals surface area contributed by atoms with E-state index in [1.165, 1.54) is 11.3 Å². The molecule has 0 radical (unpaired) electrons. The zero-order chi connectivity index (χ0) is 24.3. The fraction of sp³-hybridized carbons (Fsp3) is 0.231. The van der Waals surface area contributed by atoms with Gasteiger partial charge in [0.25, 0.3) is 5.91 Å². The number of rotatable bonds is 11. The maximum atomic E-state index is 12.1. The minimum Gasteiger partial charge on any atom is -0.483 e. The number of hydrazine groups is 1. The highest BCUT2D eigenvalue weighted by Gasteiger charge is 2.13. The Bertz CT molecular complexity index is 1160. The van der Waals surface area contributed by atoms with E-state index in [2.05, 4.69) is 10.9 Å². The molecule has 0 bridgehead atoms. The third-order valence-electron chi connectivity index (χ3n) is 4.95. The van der Waals surface area contributed by atoms with Crippen LogP contribution in [0.1, 0.15) is 40.2 Å². The van der Waals surface area contributed by atoms with E-state index < -0.39 is 11.8 Å². The molecule has 0 aliphatic heterocycles. The normalized spacial score (nSPS) is 10.4. The monoisotopic (exact) mass is 478 g/mol. The number of carbonyl (C=O) groups excluding carboxylic acids is 4. The maximum Gasteiger partial charge on any atom is 0.276 e. The Morgan fingerprint density at radius 3 is 2.18 bits per heavy atom. The van der Waals surface area contributed by atoms with Crippen molar-refractivity contribution in [3.05, 3.63) is 76.5 Å². The minimum atomic E-state index is -0.528. The quantitative estimate of drug-likeness (QED) is 0.317. The number of hydrogen-bond donors (Lipinski definition) is 2. The van der Waals surface area contributed by atoms with Crippen molar-refractivity contribution in [2.24, 2.45) is 0 Å². The van der Waals surface area contributed by atoms with E-state index >= 15 is 0 Å². The first kappa shape index (κ1) is 24.9. The number of ketones is 2. The number of carbonyl (C=O) groups is 4. The molecule has 0 aliphatic rings. The Morgan fingerprint density at radius 2 is 1.44 bits per heavy atom. The molecule has 2 N–H and O–H groups in total. The summed E-state index contributed by atoms with van der Waals surface area (Å²) in [6, 6.07) is 20.6. The van der Waals surface area contributed by atoms with Gasteiger partial charge in [0, 0.05) is 36.1 Å². The molecule has 2 amide bonds. The smallest absolute Gasteiger partial charge is 0.276 e. The summed E-state index contributed by atoms with van der Waals surface area (Å²) in [5, 5.41) is 0. The van der Waals surface area contributed by atoms with Gasteiger partial charge in [-0.3, -0.25) is 30.0 Å². The average molecular weight is 479 g/mol. The van der Waals surface area contributed by atoms with Crippen LogP contribution in [0.5, 0.6) is 5.75 Å². The molecule has 176 valence electrons. The fourth-order valence-corrected chi connectivity index (χ4v) is 4.00. The summed E-state index contributed by atoms with van der Waals surface area (Å²) < 4.78 is 5.63. The lowest BCUT2D eigenvalue weighted by Gasteiger charge is -2.12. The van der Waals surface area contributed by atoms with Crippen LogP contribution in [0, 0.1) is 6.92 Å². The lowest BCUT2D eigenvalue weighted by molar-refractivity contribution is -0.130. The molecule has 2 aromatic carbocycles. The van der Waals surface area contributed by atoms with E-state index in [1.54, 1.807) is 12.1 Å². The molecule has 0 fully saturated rings. The van der Waals surface area contributed by atoms with Gasteiger partial charge < -0.3 is 4.74 Å². The summed E-state index contributed by atoms with van der Waals surface area (Å²) in [6.07, 6.45) is 0.130. The minimum absolute atomic E-state index is 0.000592. The van der Waals surface area contributed by atoms with Crippen LogP contribution < -0.4 is 15.6 Å². The lowest BCUT2D eigenvalue weighted by Crippen LogP contribution is -2.43. The predicted octanol–water partition coefficient (Wildman–Crippen LogP) is 4.26. The van der Waals surface area contributed by atoms with Gasteiger partial charge in [-0.05, 0) is 30.7 Å². The van der Waals surface area contributed by atoms with E-state index in [9.17, 15) is 19.2 Å². The number of benzene rings is 2. The third kappa shape index (κ3) is 7.67. The van der Waals surface area contributed by atoms with Crippen LogP contribution in [0.4, 0.5) is 0 Å². The highest BCUT2D eigenvalue weighted by Crippen LogP contribution is 2.29. The molecule has 0 aliphatic carbocycles. The second-order valence-corrected chi connectivity index (χ2v) is 8.91. The van der Waals surface area contributed by atoms with Crippen molar-refractivity contribution in [2.45, 2.75) is 32.6 Å². The van der Waals surface area contributed by atoms with Gasteiger partial charge in [0.15, 0.2) is 12.4 Å². The fourth-order valence-electron chi connectivity index (χ4n) is 3.17. The number of aryl methyl sites for hydroxylation is 1. The molecule has 0 atom stereocenters. The third-order valence-corrected chi connectivity index (χ3v) is 5.99. The topological polar surface area (TPSA) is 102 Å². The van der Waals surface area contributed by atoms with Crippen molar-refractivity contribution >= 4 is 34.7 Å². The van der Waals surface area contributed by atoms with Crippen molar-refractivity contribution in [2.75, 3.05) is 6.61 Å². The molecule has 1 heterocycles. The number of para-hydroxylation sites is 1. The van der Waals surface area contributed by atoms with Gasteiger partial charge in [-0.1, -0.05) is 48.5 Å². The predicted molar refractivity (Wildman–Crippen MR) is 131 cm³/mol. The molecule has 34 heavy (non-hydrogen) atoms. The van der Waals surface area contributed by atoms with Crippen molar-refractivity contribution in [3.8, 4) is 16.9 Å². The van der Waals surface area contributed by atoms with E-state index in [0.717, 1.165) is 16.0 Å². The molecule has 0 saturated heterocycles. The van der Waals surface area contributed by atoms with Crippen LogP contribution in [0.3, 0.4) is 0 Å². The maximum absolute atomic E-state index is 12.1. The van der Waals surface area contributed by atoms with E-state index in [-0.39, 0.29) is 43.9 Å². The highest BCUT2D eigenvalue weighted by molar-refractivity contribution is 7.14. The van der Waals surface area contributed by atoms with Gasteiger partial charge >= 0.3 is 0 Å². The first-order chi connectivity index (χ1) is 16.4. The van der Waals surface area contributed by atoms with Crippen LogP contribution in [-0.4, -0.2) is 30.0 Å². The Hall–Kier alpha value is -3.78. The summed E-state index contributed by atoms with van der Waals surface area (Å²) in [4.78, 5) is 49.8. The van der Waals surface area contributed by atoms with Crippen LogP contribution >= 0.6 is 11.3 Å². The molecule has 3 aromatic rings. The summed E-state index contributed by atoms with van der Waals surface area (Å²) in [7, 11) is 0. The van der Waals surface area contributed by atoms with Crippen LogP contribution in [0.15, 0.2) is 66.7 Å². The van der Waals surface area contributed by atoms with Crippen molar-refractivity contribution in [3.63, 3.8) is 0 Å². The number of ether oxygens (including phenoxy) is 1. The first-order valence-corrected chi connectivity index (χ1v) is 11.7. The highest BCUT2D eigenvalue weighted by atomic mass is 32.1. The van der Waals surface area contributed by atoms with Gasteiger partial charge in [-0.15, -0.1) is 11.3 Å². The van der Waals surface area contributed by atoms with Crippen LogP contribution in [0.25, 0.3) is 11.1 Å². The Kier molecular flexibility index (Phi) is 9.11. The van der Waals surface area contributed by atoms with Crippen LogP contribution in [-0.2, 0) is 14.4 Å². The lowest BCUT2D eigenvalue weighted by atomic mass is 10.1. The second kappa shape index (κ2) is 12.5. The van der Waals surface area contributed by atoms with Crippen molar-refractivity contribution in [1.82, 2.24) is 10.9 Å². The average Bonchev–Trinajstić information content (AvgIpc) is 3.30. The standard InChI is InChI=1S/C26H26N2O5S/c1-18-11-15-24(34-18)22(30)14-12-20(29)13-16-25(31)27-28-26(32)17-33-23-10-6-5-9-21(23)19-7-3-2-4-8-19/h2-11,15H,12-14,16-17H2,1H3,(H,27,31)(H,28,32). The zero-order valence-corrected chi connectivity index (χ0v) is 19.7. The molecule has 7 nitrogen and oxygen atoms in total. The van der Waals surface area contributed by atoms with Crippen molar-refractivity contribution < 1.29 is 23.9 Å². The second-order valence-electron chi connectivity index (χ2n) is 7.62. The van der Waals surface area contributed by atoms with Gasteiger partial charge in [-0.25, -0.2) is 0 Å². The molecular formula is C26H26N2O5S. The largest absolute Gasteiger partial charge is 0.483 e. The number of hydrogen-bond acceptors (Lipinski definition) is 6. The molecular weight excluding hydrogens is 452 g/mol. The van der Waals surface area contributed by atoms with Crippen LogP contribution in [0.2, 0.25) is 0 Å². The summed E-state index contributed by atoms with van der Waals surface area (Å²) in [6.45, 7) is 1.63. The number of thiophene rings is 1.